The van der Waals surface area contributed by atoms with Gasteiger partial charge in [-0.2, -0.15) is 0 Å². The van der Waals surface area contributed by atoms with Crippen molar-refractivity contribution in [3.05, 3.63) is 17.2 Å². The molecule has 2 nitrogen and oxygen atoms in total. The monoisotopic (exact) mass is 278 g/mol. The largest absolute Gasteiger partial charge is 0.345 e. The number of aromatic nitrogens is 2. The van der Waals surface area contributed by atoms with Crippen LogP contribution in [0.25, 0.3) is 0 Å². The van der Waals surface area contributed by atoms with Gasteiger partial charge in [-0.3, -0.25) is 0 Å². The zero-order chi connectivity index (χ0) is 15.5. The van der Waals surface area contributed by atoms with Crippen LogP contribution >= 0.6 is 0 Å². The van der Waals surface area contributed by atoms with Crippen molar-refractivity contribution >= 4 is 0 Å². The maximum Gasteiger partial charge on any atom is 0.112 e. The summed E-state index contributed by atoms with van der Waals surface area (Å²) in [6, 6.07) is 0. The van der Waals surface area contributed by atoms with Crippen molar-refractivity contribution in [2.24, 2.45) is 5.92 Å². The highest BCUT2D eigenvalue weighted by Crippen LogP contribution is 2.34. The van der Waals surface area contributed by atoms with Crippen LogP contribution < -0.4 is 0 Å². The van der Waals surface area contributed by atoms with Gasteiger partial charge in [0.2, 0.25) is 0 Å². The molecule has 0 bridgehead atoms. The molecule has 0 spiro atoms. The molecule has 0 aromatic carbocycles. The first-order valence-corrected chi connectivity index (χ1v) is 8.34. The average Bonchev–Trinajstić information content (AvgIpc) is 2.82. The SMILES string of the molecule is CCCC(C)(C)c1nc(C(C)C(C)C)c(C(C)CC)[nH]1. The summed E-state index contributed by atoms with van der Waals surface area (Å²) < 4.78 is 0. The Morgan fingerprint density at radius 3 is 2.15 bits per heavy atom. The normalized spacial score (nSPS) is 15.7. The third-order valence-electron chi connectivity index (χ3n) is 4.81. The van der Waals surface area contributed by atoms with E-state index < -0.39 is 0 Å². The summed E-state index contributed by atoms with van der Waals surface area (Å²) in [7, 11) is 0. The van der Waals surface area contributed by atoms with Crippen LogP contribution in [0.15, 0.2) is 0 Å². The third kappa shape index (κ3) is 3.65. The van der Waals surface area contributed by atoms with Gasteiger partial charge in [0.1, 0.15) is 5.82 Å². The van der Waals surface area contributed by atoms with Crippen LogP contribution in [-0.2, 0) is 5.41 Å². The van der Waals surface area contributed by atoms with E-state index in [2.05, 4.69) is 60.4 Å². The summed E-state index contributed by atoms with van der Waals surface area (Å²) in [5.41, 5.74) is 2.81. The van der Waals surface area contributed by atoms with E-state index in [0.717, 1.165) is 6.42 Å². The van der Waals surface area contributed by atoms with E-state index in [9.17, 15) is 0 Å². The summed E-state index contributed by atoms with van der Waals surface area (Å²) in [6.45, 7) is 18.3. The van der Waals surface area contributed by atoms with Gasteiger partial charge < -0.3 is 4.98 Å². The summed E-state index contributed by atoms with van der Waals surface area (Å²) in [6.07, 6.45) is 3.53. The Balaban J connectivity index is 3.25. The van der Waals surface area contributed by atoms with Crippen molar-refractivity contribution in [2.75, 3.05) is 0 Å². The highest BCUT2D eigenvalue weighted by molar-refractivity contribution is 5.25. The van der Waals surface area contributed by atoms with Crippen LogP contribution in [0.3, 0.4) is 0 Å². The molecule has 1 aromatic rings. The molecule has 2 atom stereocenters. The first-order valence-electron chi connectivity index (χ1n) is 8.34. The molecule has 0 amide bonds. The molecule has 0 fully saturated rings. The van der Waals surface area contributed by atoms with E-state index in [1.54, 1.807) is 0 Å². The fourth-order valence-corrected chi connectivity index (χ4v) is 2.71. The third-order valence-corrected chi connectivity index (χ3v) is 4.81. The van der Waals surface area contributed by atoms with E-state index in [1.165, 1.54) is 30.1 Å². The summed E-state index contributed by atoms with van der Waals surface area (Å²) in [5, 5.41) is 0. The number of hydrogen-bond acceptors (Lipinski definition) is 1. The number of nitrogens with one attached hydrogen (secondary N) is 1. The molecule has 116 valence electrons. The molecular formula is C18H34N2. The molecule has 1 N–H and O–H groups in total. The van der Waals surface area contributed by atoms with Crippen molar-refractivity contribution in [1.29, 1.82) is 0 Å². The molecule has 0 aliphatic rings. The highest BCUT2D eigenvalue weighted by Gasteiger charge is 2.28. The molecule has 0 aliphatic heterocycles. The Morgan fingerprint density at radius 1 is 1.10 bits per heavy atom. The van der Waals surface area contributed by atoms with Crippen LogP contribution in [0.2, 0.25) is 0 Å². The second kappa shape index (κ2) is 6.78. The Labute approximate surface area is 125 Å². The first-order chi connectivity index (χ1) is 9.24. The Morgan fingerprint density at radius 2 is 1.70 bits per heavy atom. The minimum Gasteiger partial charge on any atom is -0.345 e. The molecule has 0 saturated carbocycles. The van der Waals surface area contributed by atoms with Crippen LogP contribution in [0, 0.1) is 5.92 Å². The highest BCUT2D eigenvalue weighted by atomic mass is 15.0. The Kier molecular flexibility index (Phi) is 5.85. The number of H-pyrrole nitrogens is 1. The van der Waals surface area contributed by atoms with Gasteiger partial charge in [-0.25, -0.2) is 4.98 Å². The molecule has 0 saturated heterocycles. The second-order valence-corrected chi connectivity index (χ2v) is 7.36. The molecule has 0 aliphatic carbocycles. The van der Waals surface area contributed by atoms with E-state index >= 15 is 0 Å². The van der Waals surface area contributed by atoms with E-state index in [1.807, 2.05) is 0 Å². The summed E-state index contributed by atoms with van der Waals surface area (Å²) >= 11 is 0. The standard InChI is InChI=1S/C18H34N2/c1-9-11-18(7,8)17-19-15(13(5)10-2)16(20-17)14(6)12(3)4/h12-14H,9-11H2,1-8H3,(H,19,20). The number of hydrogen-bond donors (Lipinski definition) is 1. The van der Waals surface area contributed by atoms with Gasteiger partial charge in [-0.15, -0.1) is 0 Å². The molecule has 0 radical (unpaired) electrons. The summed E-state index contributed by atoms with van der Waals surface area (Å²) in [4.78, 5) is 8.72. The van der Waals surface area contributed by atoms with Gasteiger partial charge in [0, 0.05) is 17.0 Å². The molecule has 1 rings (SSSR count). The first kappa shape index (κ1) is 17.3. The molecule has 20 heavy (non-hydrogen) atoms. The molecular weight excluding hydrogens is 244 g/mol. The number of aromatic amines is 1. The quantitative estimate of drug-likeness (QED) is 0.675. The summed E-state index contributed by atoms with van der Waals surface area (Å²) in [5.74, 6) is 2.88. The van der Waals surface area contributed by atoms with E-state index in [4.69, 9.17) is 4.98 Å². The zero-order valence-electron chi connectivity index (χ0n) is 14.8. The molecule has 1 heterocycles. The lowest BCUT2D eigenvalue weighted by molar-refractivity contribution is 0.445. The van der Waals surface area contributed by atoms with Crippen LogP contribution in [0.4, 0.5) is 0 Å². The van der Waals surface area contributed by atoms with E-state index in [-0.39, 0.29) is 5.41 Å². The molecule has 2 heteroatoms. The second-order valence-electron chi connectivity index (χ2n) is 7.36. The van der Waals surface area contributed by atoms with Gasteiger partial charge in [0.25, 0.3) is 0 Å². The van der Waals surface area contributed by atoms with Gasteiger partial charge in [0.05, 0.1) is 5.69 Å². The minimum absolute atomic E-state index is 0.145. The van der Waals surface area contributed by atoms with Gasteiger partial charge >= 0.3 is 0 Å². The van der Waals surface area contributed by atoms with Crippen molar-refractivity contribution < 1.29 is 0 Å². The lowest BCUT2D eigenvalue weighted by atomic mass is 9.87. The number of nitrogens with zero attached hydrogens (tertiary/aromatic N) is 1. The Bertz CT molecular complexity index is 415. The predicted octanol–water partition coefficient (Wildman–Crippen LogP) is 5.76. The van der Waals surface area contributed by atoms with Crippen molar-refractivity contribution in [3.63, 3.8) is 0 Å². The molecule has 1 aromatic heterocycles. The Hall–Kier alpha value is -0.790. The van der Waals surface area contributed by atoms with Crippen molar-refractivity contribution in [2.45, 2.75) is 91.9 Å². The topological polar surface area (TPSA) is 28.7 Å². The van der Waals surface area contributed by atoms with E-state index in [0.29, 0.717) is 17.8 Å². The van der Waals surface area contributed by atoms with Crippen LogP contribution in [0.5, 0.6) is 0 Å². The van der Waals surface area contributed by atoms with Crippen molar-refractivity contribution in [3.8, 4) is 0 Å². The lowest BCUT2D eigenvalue weighted by Gasteiger charge is -2.21. The van der Waals surface area contributed by atoms with Gasteiger partial charge in [-0.1, -0.05) is 61.8 Å². The maximum atomic E-state index is 5.04. The number of imidazole rings is 1. The van der Waals surface area contributed by atoms with Crippen LogP contribution in [-0.4, -0.2) is 9.97 Å². The average molecular weight is 278 g/mol. The smallest absolute Gasteiger partial charge is 0.112 e. The van der Waals surface area contributed by atoms with Crippen molar-refractivity contribution in [1.82, 2.24) is 9.97 Å². The van der Waals surface area contributed by atoms with Gasteiger partial charge in [-0.05, 0) is 24.7 Å². The minimum atomic E-state index is 0.145. The fraction of sp³-hybridized carbons (Fsp3) is 0.833. The zero-order valence-corrected chi connectivity index (χ0v) is 14.8. The fourth-order valence-electron chi connectivity index (χ4n) is 2.71. The lowest BCUT2D eigenvalue weighted by Crippen LogP contribution is -2.19. The number of rotatable bonds is 7. The molecule has 2 unspecified atom stereocenters. The maximum absolute atomic E-state index is 5.04. The van der Waals surface area contributed by atoms with Gasteiger partial charge in [0.15, 0.2) is 0 Å². The van der Waals surface area contributed by atoms with Crippen LogP contribution in [0.1, 0.15) is 104 Å². The predicted molar refractivity (Wildman–Crippen MR) is 88.5 cm³/mol.